The first-order chi connectivity index (χ1) is 6.94. The summed E-state index contributed by atoms with van der Waals surface area (Å²) in [6.45, 7) is 1.81. The van der Waals surface area contributed by atoms with E-state index >= 15 is 0 Å². The van der Waals surface area contributed by atoms with Gasteiger partial charge in [-0.2, -0.15) is 13.1 Å². The molecule has 15 heavy (non-hydrogen) atoms. The van der Waals surface area contributed by atoms with Crippen molar-refractivity contribution in [1.82, 2.24) is 4.72 Å². The van der Waals surface area contributed by atoms with Crippen molar-refractivity contribution in [3.05, 3.63) is 24.0 Å². The van der Waals surface area contributed by atoms with Gasteiger partial charge in [-0.3, -0.25) is 4.72 Å². The molecule has 0 saturated carbocycles. The molecule has 0 spiro atoms. The lowest BCUT2D eigenvalue weighted by atomic mass is 10.3. The largest absolute Gasteiger partial charge is 0.508 e. The third-order valence-electron chi connectivity index (χ3n) is 1.53. The SMILES string of the molecule is CCNS(=O)(=O)Nc1ccc(O)cc1F. The van der Waals surface area contributed by atoms with E-state index in [1.54, 1.807) is 6.92 Å². The number of phenols is 1. The second kappa shape index (κ2) is 4.45. The van der Waals surface area contributed by atoms with E-state index in [9.17, 15) is 12.8 Å². The van der Waals surface area contributed by atoms with E-state index in [1.807, 2.05) is 4.72 Å². The Morgan fingerprint density at radius 2 is 2.13 bits per heavy atom. The summed E-state index contributed by atoms with van der Waals surface area (Å²) in [6.07, 6.45) is 0. The first-order valence-electron chi connectivity index (χ1n) is 4.20. The van der Waals surface area contributed by atoms with Gasteiger partial charge >= 0.3 is 0 Å². The maximum Gasteiger partial charge on any atom is 0.299 e. The normalized spacial score (nSPS) is 11.3. The minimum absolute atomic E-state index is 0.203. The van der Waals surface area contributed by atoms with Crippen molar-refractivity contribution in [3.8, 4) is 5.75 Å². The minimum atomic E-state index is -3.74. The lowest BCUT2D eigenvalue weighted by Crippen LogP contribution is -2.30. The van der Waals surface area contributed by atoms with Crippen LogP contribution in [0.4, 0.5) is 10.1 Å². The number of anilines is 1. The number of hydrogen-bond acceptors (Lipinski definition) is 3. The molecule has 0 amide bonds. The number of benzene rings is 1. The van der Waals surface area contributed by atoms with Crippen molar-refractivity contribution in [2.24, 2.45) is 0 Å². The fourth-order valence-corrected chi connectivity index (χ4v) is 1.86. The highest BCUT2D eigenvalue weighted by Crippen LogP contribution is 2.19. The van der Waals surface area contributed by atoms with E-state index in [-0.39, 0.29) is 18.0 Å². The van der Waals surface area contributed by atoms with E-state index in [0.29, 0.717) is 0 Å². The van der Waals surface area contributed by atoms with Gasteiger partial charge in [-0.25, -0.2) is 4.39 Å². The van der Waals surface area contributed by atoms with Gasteiger partial charge in [0.05, 0.1) is 5.69 Å². The van der Waals surface area contributed by atoms with E-state index in [0.717, 1.165) is 12.1 Å². The van der Waals surface area contributed by atoms with Gasteiger partial charge in [0.15, 0.2) is 5.82 Å². The number of nitrogens with one attached hydrogen (secondary N) is 2. The van der Waals surface area contributed by atoms with Crippen molar-refractivity contribution in [3.63, 3.8) is 0 Å². The molecule has 0 bridgehead atoms. The van der Waals surface area contributed by atoms with Gasteiger partial charge in [-0.15, -0.1) is 0 Å². The number of aromatic hydroxyl groups is 1. The zero-order valence-electron chi connectivity index (χ0n) is 7.99. The molecule has 0 aliphatic heterocycles. The molecule has 0 heterocycles. The van der Waals surface area contributed by atoms with Crippen LogP contribution in [0.3, 0.4) is 0 Å². The topological polar surface area (TPSA) is 78.4 Å². The molecule has 0 radical (unpaired) electrons. The summed E-state index contributed by atoms with van der Waals surface area (Å²) in [5.74, 6) is -1.10. The molecule has 0 atom stereocenters. The summed E-state index contributed by atoms with van der Waals surface area (Å²) < 4.78 is 39.6. The second-order valence-electron chi connectivity index (χ2n) is 2.77. The van der Waals surface area contributed by atoms with Gasteiger partial charge in [0.1, 0.15) is 5.75 Å². The predicted molar refractivity (Wildman–Crippen MR) is 54.3 cm³/mol. The average molecular weight is 234 g/mol. The van der Waals surface area contributed by atoms with Gasteiger partial charge in [0.2, 0.25) is 0 Å². The van der Waals surface area contributed by atoms with Crippen LogP contribution in [0, 0.1) is 5.82 Å². The molecule has 0 unspecified atom stereocenters. The first-order valence-corrected chi connectivity index (χ1v) is 5.69. The highest BCUT2D eigenvalue weighted by molar-refractivity contribution is 7.90. The number of rotatable bonds is 4. The van der Waals surface area contributed by atoms with Crippen LogP contribution in [-0.2, 0) is 10.2 Å². The van der Waals surface area contributed by atoms with Gasteiger partial charge in [-0.1, -0.05) is 6.92 Å². The van der Waals surface area contributed by atoms with Gasteiger partial charge in [0.25, 0.3) is 10.2 Å². The quantitative estimate of drug-likeness (QED) is 0.674. The second-order valence-corrected chi connectivity index (χ2v) is 4.27. The van der Waals surface area contributed by atoms with E-state index in [1.165, 1.54) is 6.07 Å². The van der Waals surface area contributed by atoms with E-state index in [4.69, 9.17) is 5.11 Å². The van der Waals surface area contributed by atoms with Crippen LogP contribution in [0.25, 0.3) is 0 Å². The van der Waals surface area contributed by atoms with Crippen molar-refractivity contribution in [1.29, 1.82) is 0 Å². The Hall–Kier alpha value is -1.34. The van der Waals surface area contributed by atoms with Crippen molar-refractivity contribution in [2.45, 2.75) is 6.92 Å². The lowest BCUT2D eigenvalue weighted by Gasteiger charge is -2.08. The molecule has 1 aromatic rings. The molecule has 0 saturated heterocycles. The van der Waals surface area contributed by atoms with Crippen LogP contribution in [0.2, 0.25) is 0 Å². The van der Waals surface area contributed by atoms with Gasteiger partial charge in [-0.05, 0) is 12.1 Å². The van der Waals surface area contributed by atoms with Crippen LogP contribution < -0.4 is 9.44 Å². The molecule has 84 valence electrons. The van der Waals surface area contributed by atoms with Crippen molar-refractivity contribution >= 4 is 15.9 Å². The summed E-state index contributed by atoms with van der Waals surface area (Å²) in [4.78, 5) is 0. The zero-order valence-corrected chi connectivity index (χ0v) is 8.81. The van der Waals surface area contributed by atoms with E-state index in [2.05, 4.69) is 4.72 Å². The maximum absolute atomic E-state index is 13.1. The Balaban J connectivity index is 2.90. The highest BCUT2D eigenvalue weighted by atomic mass is 32.2. The van der Waals surface area contributed by atoms with Crippen LogP contribution in [0.5, 0.6) is 5.75 Å². The van der Waals surface area contributed by atoms with Crippen LogP contribution in [-0.4, -0.2) is 20.1 Å². The molecule has 7 heteroatoms. The Morgan fingerprint density at radius 1 is 1.47 bits per heavy atom. The number of halogens is 1. The Morgan fingerprint density at radius 3 is 2.67 bits per heavy atom. The van der Waals surface area contributed by atoms with Crippen LogP contribution >= 0.6 is 0 Å². The summed E-state index contributed by atoms with van der Waals surface area (Å²) in [5, 5.41) is 8.91. The molecule has 0 aromatic heterocycles. The molecule has 1 aromatic carbocycles. The Kier molecular flexibility index (Phi) is 3.48. The molecular weight excluding hydrogens is 223 g/mol. The number of hydrogen-bond donors (Lipinski definition) is 3. The molecule has 3 N–H and O–H groups in total. The van der Waals surface area contributed by atoms with Crippen LogP contribution in [0.15, 0.2) is 18.2 Å². The summed E-state index contributed by atoms with van der Waals surface area (Å²) in [5.41, 5.74) is -0.214. The lowest BCUT2D eigenvalue weighted by molar-refractivity contribution is 0.469. The standard InChI is InChI=1S/C8H11FN2O3S/c1-2-10-15(13,14)11-8-4-3-6(12)5-7(8)9/h3-5,10-12H,2H2,1H3. The molecule has 0 fully saturated rings. The fraction of sp³-hybridized carbons (Fsp3) is 0.250. The molecule has 0 aliphatic rings. The smallest absolute Gasteiger partial charge is 0.299 e. The third-order valence-corrected chi connectivity index (χ3v) is 2.69. The average Bonchev–Trinajstić information content (AvgIpc) is 2.09. The zero-order chi connectivity index (χ0) is 11.5. The van der Waals surface area contributed by atoms with Crippen molar-refractivity contribution < 1.29 is 17.9 Å². The van der Waals surface area contributed by atoms with Crippen molar-refractivity contribution in [2.75, 3.05) is 11.3 Å². The summed E-state index contributed by atoms with van der Waals surface area (Å²) in [6, 6.07) is 3.15. The first kappa shape index (κ1) is 11.7. The predicted octanol–water partition coefficient (Wildman–Crippen LogP) is 0.797. The summed E-state index contributed by atoms with van der Waals surface area (Å²) in [7, 11) is -3.74. The third kappa shape index (κ3) is 3.37. The molecule has 5 nitrogen and oxygen atoms in total. The van der Waals surface area contributed by atoms with E-state index < -0.39 is 16.0 Å². The molecule has 1 rings (SSSR count). The number of phenolic OH excluding ortho intramolecular Hbond substituents is 1. The van der Waals surface area contributed by atoms with Gasteiger partial charge < -0.3 is 5.11 Å². The molecular formula is C8H11FN2O3S. The Bertz CT molecular complexity index is 447. The van der Waals surface area contributed by atoms with Crippen LogP contribution in [0.1, 0.15) is 6.92 Å². The maximum atomic E-state index is 13.1. The Labute approximate surface area is 87.1 Å². The summed E-state index contributed by atoms with van der Waals surface area (Å²) >= 11 is 0. The van der Waals surface area contributed by atoms with Gasteiger partial charge in [0, 0.05) is 12.6 Å². The molecule has 0 aliphatic carbocycles. The monoisotopic (exact) mass is 234 g/mol. The fourth-order valence-electron chi connectivity index (χ4n) is 0.958. The minimum Gasteiger partial charge on any atom is -0.508 e. The highest BCUT2D eigenvalue weighted by Gasteiger charge is 2.11.